The highest BCUT2D eigenvalue weighted by Crippen LogP contribution is 2.22. The number of aromatic amines is 1. The summed E-state index contributed by atoms with van der Waals surface area (Å²) in [6.07, 6.45) is 0. The van der Waals surface area contributed by atoms with Gasteiger partial charge in [0.05, 0.1) is 10.9 Å². The summed E-state index contributed by atoms with van der Waals surface area (Å²) in [5, 5.41) is 7.29. The number of halogens is 2. The van der Waals surface area contributed by atoms with Gasteiger partial charge >= 0.3 is 0 Å². The molecule has 2 nitrogen and oxygen atoms in total. The lowest BCUT2D eigenvalue weighted by Gasteiger charge is -1.94. The maximum atomic E-state index is 13.3. The number of benzene rings is 1. The molecule has 0 fully saturated rings. The molecule has 0 aliphatic carbocycles. The lowest BCUT2D eigenvalue weighted by atomic mass is 10.2. The van der Waals surface area contributed by atoms with Crippen molar-refractivity contribution in [3.05, 3.63) is 27.2 Å². The largest absolute Gasteiger partial charge is 0.271 e. The van der Waals surface area contributed by atoms with Gasteiger partial charge in [-0.05, 0) is 47.2 Å². The van der Waals surface area contributed by atoms with Crippen LogP contribution in [0, 0.1) is 16.4 Å². The SMILES string of the molecule is Cc1cc(F)c2c(I)[nH]nc2c1. The third-order valence-electron chi connectivity index (χ3n) is 1.71. The van der Waals surface area contributed by atoms with Gasteiger partial charge in [-0.15, -0.1) is 0 Å². The number of nitrogens with one attached hydrogen (secondary N) is 1. The van der Waals surface area contributed by atoms with E-state index in [0.29, 0.717) is 10.9 Å². The highest BCUT2D eigenvalue weighted by Gasteiger charge is 2.08. The molecule has 0 bridgehead atoms. The molecule has 12 heavy (non-hydrogen) atoms. The Labute approximate surface area is 82.3 Å². The van der Waals surface area contributed by atoms with Crippen molar-refractivity contribution in [1.29, 1.82) is 0 Å². The average Bonchev–Trinajstić information content (AvgIpc) is 2.31. The number of aromatic nitrogens is 2. The minimum Gasteiger partial charge on any atom is -0.271 e. The van der Waals surface area contributed by atoms with E-state index in [0.717, 1.165) is 9.26 Å². The summed E-state index contributed by atoms with van der Waals surface area (Å²) in [7, 11) is 0. The van der Waals surface area contributed by atoms with Crippen molar-refractivity contribution in [2.75, 3.05) is 0 Å². The first-order valence-corrected chi connectivity index (χ1v) is 4.56. The molecule has 0 saturated heterocycles. The fourth-order valence-electron chi connectivity index (χ4n) is 1.19. The molecule has 2 rings (SSSR count). The van der Waals surface area contributed by atoms with E-state index in [2.05, 4.69) is 10.2 Å². The first-order valence-electron chi connectivity index (χ1n) is 3.48. The second-order valence-electron chi connectivity index (χ2n) is 2.68. The Morgan fingerprint density at radius 1 is 1.50 bits per heavy atom. The number of hydrogen-bond donors (Lipinski definition) is 1. The molecule has 1 aromatic carbocycles. The molecule has 0 unspecified atom stereocenters. The molecule has 0 spiro atoms. The molecule has 1 aromatic heterocycles. The van der Waals surface area contributed by atoms with Crippen molar-refractivity contribution < 1.29 is 4.39 Å². The maximum absolute atomic E-state index is 13.3. The third kappa shape index (κ3) is 1.10. The van der Waals surface area contributed by atoms with E-state index in [1.54, 1.807) is 0 Å². The minimum absolute atomic E-state index is 0.205. The highest BCUT2D eigenvalue weighted by molar-refractivity contribution is 14.1. The van der Waals surface area contributed by atoms with Crippen molar-refractivity contribution in [2.24, 2.45) is 0 Å². The van der Waals surface area contributed by atoms with Crippen LogP contribution in [0.1, 0.15) is 5.56 Å². The van der Waals surface area contributed by atoms with Crippen LogP contribution in [-0.4, -0.2) is 10.2 Å². The summed E-state index contributed by atoms with van der Waals surface area (Å²) < 4.78 is 14.0. The van der Waals surface area contributed by atoms with Crippen LogP contribution < -0.4 is 0 Å². The Balaban J connectivity index is 2.93. The molecule has 1 N–H and O–H groups in total. The predicted molar refractivity (Wildman–Crippen MR) is 53.5 cm³/mol. The van der Waals surface area contributed by atoms with Crippen molar-refractivity contribution in [2.45, 2.75) is 6.92 Å². The maximum Gasteiger partial charge on any atom is 0.135 e. The average molecular weight is 276 g/mol. The highest BCUT2D eigenvalue weighted by atomic mass is 127. The van der Waals surface area contributed by atoms with E-state index >= 15 is 0 Å². The number of rotatable bonds is 0. The smallest absolute Gasteiger partial charge is 0.135 e. The summed E-state index contributed by atoms with van der Waals surface area (Å²) in [6.45, 7) is 1.85. The number of nitrogens with zero attached hydrogens (tertiary/aromatic N) is 1. The second-order valence-corrected chi connectivity index (χ2v) is 3.76. The monoisotopic (exact) mass is 276 g/mol. The van der Waals surface area contributed by atoms with Crippen LogP contribution in [0.15, 0.2) is 12.1 Å². The third-order valence-corrected chi connectivity index (χ3v) is 2.49. The van der Waals surface area contributed by atoms with Crippen molar-refractivity contribution in [1.82, 2.24) is 10.2 Å². The van der Waals surface area contributed by atoms with Crippen LogP contribution in [0.4, 0.5) is 4.39 Å². The fraction of sp³-hybridized carbons (Fsp3) is 0.125. The number of fused-ring (bicyclic) bond motifs is 1. The van der Waals surface area contributed by atoms with Gasteiger partial charge in [0, 0.05) is 0 Å². The zero-order valence-electron chi connectivity index (χ0n) is 6.36. The molecule has 4 heteroatoms. The van der Waals surface area contributed by atoms with Crippen molar-refractivity contribution in [3.8, 4) is 0 Å². The Bertz CT molecular complexity index is 436. The van der Waals surface area contributed by atoms with Crippen LogP contribution in [0.25, 0.3) is 10.9 Å². The summed E-state index contributed by atoms with van der Waals surface area (Å²) >= 11 is 2.03. The van der Waals surface area contributed by atoms with Crippen molar-refractivity contribution >= 4 is 33.5 Å². The van der Waals surface area contributed by atoms with Gasteiger partial charge in [0.15, 0.2) is 0 Å². The number of aryl methyl sites for hydroxylation is 1. The van der Waals surface area contributed by atoms with Crippen LogP contribution in [0.2, 0.25) is 0 Å². The molecule has 0 aliphatic rings. The Morgan fingerprint density at radius 3 is 3.00 bits per heavy atom. The van der Waals surface area contributed by atoms with Gasteiger partial charge in [0.25, 0.3) is 0 Å². The fourth-order valence-corrected chi connectivity index (χ4v) is 1.85. The van der Waals surface area contributed by atoms with Gasteiger partial charge < -0.3 is 0 Å². The predicted octanol–water partition coefficient (Wildman–Crippen LogP) is 2.62. The topological polar surface area (TPSA) is 28.7 Å². The van der Waals surface area contributed by atoms with E-state index in [9.17, 15) is 4.39 Å². The van der Waals surface area contributed by atoms with Crippen LogP contribution in [0.5, 0.6) is 0 Å². The van der Waals surface area contributed by atoms with E-state index in [-0.39, 0.29) is 5.82 Å². The first kappa shape index (κ1) is 7.97. The van der Waals surface area contributed by atoms with Gasteiger partial charge in [0.2, 0.25) is 0 Å². The van der Waals surface area contributed by atoms with Gasteiger partial charge in [-0.25, -0.2) is 4.39 Å². The Hall–Kier alpha value is -0.650. The normalized spacial score (nSPS) is 10.9. The summed E-state index contributed by atoms with van der Waals surface area (Å²) in [5.74, 6) is -0.205. The standard InChI is InChI=1S/C8H6FIN2/c1-4-2-5(9)7-6(3-4)11-12-8(7)10/h2-3H,1H3,(H,11,12). The molecular weight excluding hydrogens is 270 g/mol. The molecule has 0 atom stereocenters. The van der Waals surface area contributed by atoms with Crippen LogP contribution >= 0.6 is 22.6 Å². The lowest BCUT2D eigenvalue weighted by molar-refractivity contribution is 0.638. The van der Waals surface area contributed by atoms with E-state index in [4.69, 9.17) is 0 Å². The molecule has 1 heterocycles. The molecule has 2 aromatic rings. The Morgan fingerprint density at radius 2 is 2.25 bits per heavy atom. The summed E-state index contributed by atoms with van der Waals surface area (Å²) in [4.78, 5) is 0. The molecule has 0 radical (unpaired) electrons. The second kappa shape index (κ2) is 2.69. The van der Waals surface area contributed by atoms with Crippen molar-refractivity contribution in [3.63, 3.8) is 0 Å². The van der Waals surface area contributed by atoms with E-state index in [1.807, 2.05) is 35.6 Å². The molecular formula is C8H6FIN2. The Kier molecular flexibility index (Phi) is 1.79. The van der Waals surface area contributed by atoms with Gasteiger partial charge in [-0.3, -0.25) is 5.10 Å². The summed E-state index contributed by atoms with van der Waals surface area (Å²) in [6, 6.07) is 3.37. The van der Waals surface area contributed by atoms with Gasteiger partial charge in [-0.2, -0.15) is 5.10 Å². The lowest BCUT2D eigenvalue weighted by Crippen LogP contribution is -1.80. The zero-order chi connectivity index (χ0) is 8.72. The van der Waals surface area contributed by atoms with E-state index in [1.165, 1.54) is 6.07 Å². The summed E-state index contributed by atoms with van der Waals surface area (Å²) in [5.41, 5.74) is 1.58. The molecule has 62 valence electrons. The number of hydrogen-bond acceptors (Lipinski definition) is 1. The minimum atomic E-state index is -0.205. The first-order chi connectivity index (χ1) is 5.68. The van der Waals surface area contributed by atoms with E-state index < -0.39 is 0 Å². The van der Waals surface area contributed by atoms with Gasteiger partial charge in [0.1, 0.15) is 9.52 Å². The van der Waals surface area contributed by atoms with Gasteiger partial charge in [-0.1, -0.05) is 0 Å². The van der Waals surface area contributed by atoms with Crippen LogP contribution in [-0.2, 0) is 0 Å². The zero-order valence-corrected chi connectivity index (χ0v) is 8.52. The molecule has 0 amide bonds. The number of H-pyrrole nitrogens is 1. The quantitative estimate of drug-likeness (QED) is 0.736. The molecule has 0 aliphatic heterocycles. The van der Waals surface area contributed by atoms with Crippen LogP contribution in [0.3, 0.4) is 0 Å². The molecule has 0 saturated carbocycles.